The lowest BCUT2D eigenvalue weighted by Crippen LogP contribution is -2.74. The normalized spacial score (nSPS) is 14.0. The summed E-state index contributed by atoms with van der Waals surface area (Å²) in [5.74, 6) is 0. The van der Waals surface area contributed by atoms with Crippen LogP contribution in [0.15, 0.2) is 333 Å². The highest BCUT2D eigenvalue weighted by molar-refractivity contribution is 7.20. The minimum Gasteiger partial charge on any atom is -0.311 e. The van der Waals surface area contributed by atoms with E-state index in [2.05, 4.69) is 345 Å². The van der Waals surface area contributed by atoms with E-state index in [-0.39, 0.29) is 56.8 Å². The fraction of sp³-hybridized carbons (Fsp3) is 0.125. The quantitative estimate of drug-likeness (QED) is 0.0944. The monoisotopic (exact) mass is 1320 g/mol. The van der Waals surface area contributed by atoms with Crippen molar-refractivity contribution in [3.05, 3.63) is 350 Å². The van der Waals surface area contributed by atoms with Crippen molar-refractivity contribution >= 4 is 108 Å². The molecule has 2 aliphatic heterocycles. The summed E-state index contributed by atoms with van der Waals surface area (Å²) in [4.78, 5) is 5.00. The maximum absolute atomic E-state index is 9.79. The van der Waals surface area contributed by atoms with Crippen LogP contribution in [0.3, 0.4) is 0 Å². The zero-order chi connectivity index (χ0) is 75.9. The van der Waals surface area contributed by atoms with Crippen molar-refractivity contribution in [1.82, 2.24) is 4.57 Å². The van der Waals surface area contributed by atoms with Gasteiger partial charge in [-0.3, -0.25) is 0 Å². The molecule has 0 aliphatic carbocycles. The average molecular weight is 1320 g/mol. The minimum absolute atomic E-state index is 0.0203. The number of hydrogen-bond donors (Lipinski definition) is 0. The second-order valence-electron chi connectivity index (χ2n) is 30.3. The van der Waals surface area contributed by atoms with E-state index >= 15 is 0 Å². The predicted molar refractivity (Wildman–Crippen MR) is 436 cm³/mol. The fourth-order valence-electron chi connectivity index (χ4n) is 15.9. The lowest BCUT2D eigenvalue weighted by atomic mass is 9.33. The number of para-hydroxylation sites is 2. The summed E-state index contributed by atoms with van der Waals surface area (Å²) in [5.41, 5.74) is 20.2. The molecule has 488 valence electrons. The number of aromatic nitrogens is 1. The molecule has 0 unspecified atom stereocenters. The van der Waals surface area contributed by atoms with E-state index in [1.807, 2.05) is 12.1 Å². The van der Waals surface area contributed by atoms with Crippen molar-refractivity contribution in [3.8, 4) is 50.2 Å². The number of hydrogen-bond acceptors (Lipinski definition) is 2. The molecule has 0 fully saturated rings. The van der Waals surface area contributed by atoms with Gasteiger partial charge in [-0.2, -0.15) is 0 Å². The Hall–Kier alpha value is -11.2. The van der Waals surface area contributed by atoms with Crippen LogP contribution in [0, 0.1) is 0 Å². The third-order valence-corrected chi connectivity index (χ3v) is 25.8. The van der Waals surface area contributed by atoms with Crippen LogP contribution in [0.1, 0.15) is 90.0 Å². The van der Waals surface area contributed by atoms with E-state index in [9.17, 15) is 8.22 Å². The second kappa shape index (κ2) is 24.6. The summed E-state index contributed by atoms with van der Waals surface area (Å²) in [6.45, 7) is 20.0. The van der Waals surface area contributed by atoms with E-state index in [0.717, 1.165) is 106 Å². The maximum Gasteiger partial charge on any atom is 0.252 e. The van der Waals surface area contributed by atoms with Crippen molar-refractivity contribution in [2.75, 3.05) is 9.80 Å². The molecule has 14 aromatic carbocycles. The molecule has 15 aromatic rings. The number of nitrogens with zero attached hydrogens (tertiary/aromatic N) is 3. The predicted octanol–water partition coefficient (Wildman–Crippen LogP) is 20.8. The van der Waals surface area contributed by atoms with Gasteiger partial charge in [0.15, 0.2) is 8.07 Å². The van der Waals surface area contributed by atoms with Gasteiger partial charge in [-0.25, -0.2) is 0 Å². The zero-order valence-corrected chi connectivity index (χ0v) is 59.6. The van der Waals surface area contributed by atoms with Crippen LogP contribution in [-0.4, -0.2) is 19.4 Å². The third-order valence-electron chi connectivity index (χ3n) is 21.0. The first-order valence-electron chi connectivity index (χ1n) is 39.2. The standard InChI is InChI=1S/C96H82BN3Si/c1-94(2,3)70-51-57-87(80(59-70)66-32-16-10-17-33-66)99-89-64-73(98-85-46-30-28-44-78(85)79-45-29-31-47-86(79)98)52-55-83(89)97-84-58-69(65-48-53-77(54-49-65)101(74-38-22-13-23-39-74,75-40-24-14-25-41-75)76-42-26-15-27-43-76)50-56-88(84)100(91-63-72(96(7,8)9)62-90(99)92(91)97)93-81(67-34-18-11-19-35-67)60-71(95(4,5)6)61-82(93)68-36-20-12-21-37-68/h10-64H,1-9H3/i28D,29D,30D,31D,44D,45D,46D,47D. The highest BCUT2D eigenvalue weighted by atomic mass is 28.3. The molecule has 0 spiro atoms. The summed E-state index contributed by atoms with van der Waals surface area (Å²) in [7, 11) is -2.93. The van der Waals surface area contributed by atoms with Crippen molar-refractivity contribution in [2.45, 2.75) is 78.6 Å². The summed E-state index contributed by atoms with van der Waals surface area (Å²) in [6.07, 6.45) is 0. The van der Waals surface area contributed by atoms with Gasteiger partial charge in [-0.1, -0.05) is 329 Å². The molecule has 0 amide bonds. The Kier molecular flexibility index (Phi) is 13.3. The van der Waals surface area contributed by atoms with Crippen molar-refractivity contribution in [1.29, 1.82) is 0 Å². The SMILES string of the molecule is [2H]c1c([2H])c([2H])c2c(c1[2H])c1c([2H])c([2H])c([2H])c([2H])c1n2-c1ccc2c(c1)N(c1ccc(C(C)(C)C)cc1-c1ccccc1)c1cc(C(C)(C)C)cc3c1B2c1cc(-c2ccc([Si](c4ccccc4)(c4ccccc4)c4ccccc4)cc2)ccc1N3c1c(-c2ccccc2)cc(C(C)(C)C)cc1-c1ccccc1. The first-order chi connectivity index (χ1) is 52.3. The minimum atomic E-state index is -2.93. The number of fused-ring (bicyclic) bond motifs is 7. The Morgan fingerprint density at radius 3 is 1.22 bits per heavy atom. The van der Waals surface area contributed by atoms with Crippen molar-refractivity contribution in [2.24, 2.45) is 0 Å². The lowest BCUT2D eigenvalue weighted by Gasteiger charge is -2.46. The molecule has 0 saturated carbocycles. The van der Waals surface area contributed by atoms with Gasteiger partial charge in [0.2, 0.25) is 0 Å². The van der Waals surface area contributed by atoms with Gasteiger partial charge < -0.3 is 14.4 Å². The largest absolute Gasteiger partial charge is 0.311 e. The van der Waals surface area contributed by atoms with Crippen molar-refractivity contribution in [3.63, 3.8) is 0 Å². The molecule has 3 nitrogen and oxygen atoms in total. The summed E-state index contributed by atoms with van der Waals surface area (Å²) >= 11 is 0. The van der Waals surface area contributed by atoms with Crippen LogP contribution in [0.4, 0.5) is 34.1 Å². The molecule has 5 heteroatoms. The average Bonchev–Trinajstić information content (AvgIpc) is 1.61. The highest BCUT2D eigenvalue weighted by Gasteiger charge is 2.47. The summed E-state index contributed by atoms with van der Waals surface area (Å²) in [6, 6.07) is 101. The summed E-state index contributed by atoms with van der Waals surface area (Å²) in [5, 5.41) is 5.17. The molecule has 2 aliphatic rings. The molecule has 0 N–H and O–H groups in total. The van der Waals surface area contributed by atoms with Gasteiger partial charge in [0.25, 0.3) is 6.71 Å². The van der Waals surface area contributed by atoms with Gasteiger partial charge in [-0.15, -0.1) is 0 Å². The first kappa shape index (κ1) is 54.6. The van der Waals surface area contributed by atoms with E-state index in [1.165, 1.54) is 26.3 Å². The van der Waals surface area contributed by atoms with Gasteiger partial charge >= 0.3 is 0 Å². The number of rotatable bonds is 11. The Morgan fingerprint density at radius 1 is 0.307 bits per heavy atom. The number of benzene rings is 14. The molecule has 0 bridgehead atoms. The lowest BCUT2D eigenvalue weighted by molar-refractivity contribution is 0.590. The zero-order valence-electron chi connectivity index (χ0n) is 66.6. The molecular formula is C96H82BN3Si. The van der Waals surface area contributed by atoms with Gasteiger partial charge in [0.05, 0.1) is 33.4 Å². The van der Waals surface area contributed by atoms with E-state index < -0.39 is 44.4 Å². The van der Waals surface area contributed by atoms with Crippen LogP contribution in [0.2, 0.25) is 0 Å². The number of anilines is 6. The maximum atomic E-state index is 9.79. The van der Waals surface area contributed by atoms with E-state index in [1.54, 1.807) is 4.57 Å². The Morgan fingerprint density at radius 2 is 0.723 bits per heavy atom. The Balaban J connectivity index is 1.02. The Bertz CT molecular complexity index is 5900. The van der Waals surface area contributed by atoms with Gasteiger partial charge in [-0.05, 0) is 165 Å². The van der Waals surface area contributed by atoms with Crippen LogP contribution in [0.25, 0.3) is 72.0 Å². The topological polar surface area (TPSA) is 11.4 Å². The fourth-order valence-corrected chi connectivity index (χ4v) is 20.7. The molecule has 0 radical (unpaired) electrons. The van der Waals surface area contributed by atoms with E-state index in [0.29, 0.717) is 5.69 Å². The molecule has 101 heavy (non-hydrogen) atoms. The molecule has 17 rings (SSSR count). The van der Waals surface area contributed by atoms with Crippen LogP contribution >= 0.6 is 0 Å². The molecule has 3 heterocycles. The Labute approximate surface area is 608 Å². The van der Waals surface area contributed by atoms with Crippen LogP contribution in [-0.2, 0) is 16.2 Å². The third kappa shape index (κ3) is 10.7. The van der Waals surface area contributed by atoms with E-state index in [4.69, 9.17) is 2.74 Å². The van der Waals surface area contributed by atoms with Gasteiger partial charge in [0, 0.05) is 55.9 Å². The van der Waals surface area contributed by atoms with Crippen LogP contribution in [0.5, 0.6) is 0 Å². The highest BCUT2D eigenvalue weighted by Crippen LogP contribution is 2.54. The smallest absolute Gasteiger partial charge is 0.252 e. The molecule has 0 atom stereocenters. The molecule has 1 aromatic heterocycles. The van der Waals surface area contributed by atoms with Gasteiger partial charge in [0.1, 0.15) is 0 Å². The molecule has 0 saturated heterocycles. The van der Waals surface area contributed by atoms with Crippen LogP contribution < -0.4 is 46.9 Å². The molecular weight excluding hydrogens is 1230 g/mol. The first-order valence-corrected chi connectivity index (χ1v) is 37.2. The van der Waals surface area contributed by atoms with Crippen molar-refractivity contribution < 1.29 is 11.0 Å². The second-order valence-corrected chi connectivity index (χ2v) is 34.1. The summed E-state index contributed by atoms with van der Waals surface area (Å²) < 4.78 is 76.8.